The molecule has 0 aliphatic rings. The lowest BCUT2D eigenvalue weighted by atomic mass is 10.1. The first-order valence-electron chi connectivity index (χ1n) is 7.02. The van der Waals surface area contributed by atoms with E-state index in [2.05, 4.69) is 5.32 Å². The monoisotopic (exact) mass is 288 g/mol. The highest BCUT2D eigenvalue weighted by molar-refractivity contribution is 5.66. The van der Waals surface area contributed by atoms with Crippen LogP contribution < -0.4 is 15.0 Å². The van der Waals surface area contributed by atoms with Crippen molar-refractivity contribution < 1.29 is 9.13 Å². The van der Waals surface area contributed by atoms with Crippen LogP contribution in [0.3, 0.4) is 0 Å². The highest BCUT2D eigenvalue weighted by atomic mass is 19.1. The molecule has 21 heavy (non-hydrogen) atoms. The fourth-order valence-corrected chi connectivity index (χ4v) is 2.23. The van der Waals surface area contributed by atoms with Crippen molar-refractivity contribution >= 4 is 11.4 Å². The summed E-state index contributed by atoms with van der Waals surface area (Å²) in [5, 5.41) is 3.24. The minimum Gasteiger partial charge on any atom is -0.497 e. The maximum Gasteiger partial charge on any atom is 0.123 e. The summed E-state index contributed by atoms with van der Waals surface area (Å²) in [5.74, 6) is 0.605. The Balaban J connectivity index is 2.30. The average molecular weight is 288 g/mol. The van der Waals surface area contributed by atoms with E-state index < -0.39 is 0 Å². The summed E-state index contributed by atoms with van der Waals surface area (Å²) in [6, 6.07) is 12.7. The number of anilines is 2. The largest absolute Gasteiger partial charge is 0.497 e. The average Bonchev–Trinajstić information content (AvgIpc) is 2.52. The van der Waals surface area contributed by atoms with Crippen molar-refractivity contribution in [1.82, 2.24) is 5.32 Å². The molecule has 0 amide bonds. The molecule has 2 aromatic rings. The first-order valence-corrected chi connectivity index (χ1v) is 7.02. The Hall–Kier alpha value is -2.07. The van der Waals surface area contributed by atoms with E-state index in [1.54, 1.807) is 13.2 Å². The van der Waals surface area contributed by atoms with Gasteiger partial charge in [-0.25, -0.2) is 4.39 Å². The zero-order valence-electron chi connectivity index (χ0n) is 12.7. The first kappa shape index (κ1) is 15.3. The molecule has 0 bridgehead atoms. The summed E-state index contributed by atoms with van der Waals surface area (Å²) in [6.45, 7) is 3.53. The Bertz CT molecular complexity index is 584. The third-order valence-electron chi connectivity index (χ3n) is 3.43. The number of benzene rings is 2. The fourth-order valence-electron chi connectivity index (χ4n) is 2.23. The van der Waals surface area contributed by atoms with Gasteiger partial charge in [-0.1, -0.05) is 6.92 Å². The van der Waals surface area contributed by atoms with E-state index in [-0.39, 0.29) is 5.82 Å². The highest BCUT2D eigenvalue weighted by Gasteiger charge is 2.10. The molecule has 0 aliphatic heterocycles. The van der Waals surface area contributed by atoms with Gasteiger partial charge < -0.3 is 15.0 Å². The van der Waals surface area contributed by atoms with Crippen molar-refractivity contribution in [3.8, 4) is 5.75 Å². The van der Waals surface area contributed by atoms with Gasteiger partial charge in [0, 0.05) is 25.0 Å². The van der Waals surface area contributed by atoms with Crippen molar-refractivity contribution in [3.63, 3.8) is 0 Å². The number of nitrogens with one attached hydrogen (secondary N) is 1. The number of halogens is 1. The Morgan fingerprint density at radius 2 is 1.86 bits per heavy atom. The zero-order chi connectivity index (χ0) is 15.2. The van der Waals surface area contributed by atoms with E-state index in [4.69, 9.17) is 4.74 Å². The number of ether oxygens (including phenoxy) is 1. The Morgan fingerprint density at radius 3 is 2.48 bits per heavy atom. The van der Waals surface area contributed by atoms with Crippen LogP contribution in [0.2, 0.25) is 0 Å². The molecule has 0 atom stereocenters. The van der Waals surface area contributed by atoms with E-state index >= 15 is 0 Å². The van der Waals surface area contributed by atoms with Crippen molar-refractivity contribution in [2.45, 2.75) is 13.5 Å². The molecule has 2 aromatic carbocycles. The number of hydrogen-bond donors (Lipinski definition) is 1. The van der Waals surface area contributed by atoms with Gasteiger partial charge in [0.15, 0.2) is 0 Å². The quantitative estimate of drug-likeness (QED) is 0.877. The van der Waals surface area contributed by atoms with Crippen LogP contribution in [-0.4, -0.2) is 20.7 Å². The van der Waals surface area contributed by atoms with Gasteiger partial charge in [-0.15, -0.1) is 0 Å². The third kappa shape index (κ3) is 3.73. The first-order chi connectivity index (χ1) is 10.2. The smallest absolute Gasteiger partial charge is 0.123 e. The normalized spacial score (nSPS) is 10.5. The molecule has 0 heterocycles. The van der Waals surface area contributed by atoms with E-state index in [1.165, 1.54) is 6.07 Å². The molecule has 0 spiro atoms. The number of hydrogen-bond acceptors (Lipinski definition) is 3. The minimum absolute atomic E-state index is 0.213. The predicted octanol–water partition coefficient (Wildman–Crippen LogP) is 3.71. The topological polar surface area (TPSA) is 24.5 Å². The lowest BCUT2D eigenvalue weighted by Gasteiger charge is -2.23. The van der Waals surface area contributed by atoms with Crippen LogP contribution in [0.4, 0.5) is 15.8 Å². The maximum absolute atomic E-state index is 13.5. The molecule has 2 rings (SSSR count). The van der Waals surface area contributed by atoms with Gasteiger partial charge in [0.2, 0.25) is 0 Å². The molecule has 0 aromatic heterocycles. The molecule has 0 unspecified atom stereocenters. The van der Waals surface area contributed by atoms with Gasteiger partial charge in [-0.2, -0.15) is 0 Å². The van der Waals surface area contributed by atoms with E-state index in [0.717, 1.165) is 29.2 Å². The van der Waals surface area contributed by atoms with Crippen LogP contribution in [-0.2, 0) is 6.54 Å². The summed E-state index contributed by atoms with van der Waals surface area (Å²) in [4.78, 5) is 2.05. The van der Waals surface area contributed by atoms with E-state index in [0.29, 0.717) is 6.54 Å². The van der Waals surface area contributed by atoms with Gasteiger partial charge in [-0.3, -0.25) is 0 Å². The fraction of sp³-hybridized carbons (Fsp3) is 0.294. The Morgan fingerprint density at radius 1 is 1.14 bits per heavy atom. The van der Waals surface area contributed by atoms with Crippen molar-refractivity contribution in [3.05, 3.63) is 53.8 Å². The second-order valence-corrected chi connectivity index (χ2v) is 4.81. The number of methoxy groups -OCH3 is 1. The molecule has 0 fully saturated rings. The summed E-state index contributed by atoms with van der Waals surface area (Å²) in [5.41, 5.74) is 2.96. The molecule has 0 saturated heterocycles. The van der Waals surface area contributed by atoms with Crippen LogP contribution in [0, 0.1) is 5.82 Å². The van der Waals surface area contributed by atoms with Gasteiger partial charge in [0.05, 0.1) is 7.11 Å². The molecule has 0 aliphatic carbocycles. The summed E-state index contributed by atoms with van der Waals surface area (Å²) < 4.78 is 18.6. The van der Waals surface area contributed by atoms with Crippen LogP contribution >= 0.6 is 0 Å². The molecule has 112 valence electrons. The summed E-state index contributed by atoms with van der Waals surface area (Å²) in [6.07, 6.45) is 0. The molecule has 4 heteroatoms. The van der Waals surface area contributed by atoms with Crippen LogP contribution in [0.25, 0.3) is 0 Å². The SMILES string of the molecule is CCNCc1cc(F)ccc1N(C)c1ccc(OC)cc1. The second-order valence-electron chi connectivity index (χ2n) is 4.81. The maximum atomic E-state index is 13.5. The highest BCUT2D eigenvalue weighted by Crippen LogP contribution is 2.29. The number of nitrogens with zero attached hydrogens (tertiary/aromatic N) is 1. The number of rotatable bonds is 6. The van der Waals surface area contributed by atoms with E-state index in [1.807, 2.05) is 49.2 Å². The molecule has 0 radical (unpaired) electrons. The standard InChI is InChI=1S/C17H21FN2O/c1-4-19-12-13-11-14(18)5-10-17(13)20(2)15-6-8-16(21-3)9-7-15/h5-11,19H,4,12H2,1-3H3. The summed E-state index contributed by atoms with van der Waals surface area (Å²) in [7, 11) is 3.62. The predicted molar refractivity (Wildman–Crippen MR) is 84.8 cm³/mol. The van der Waals surface area contributed by atoms with Crippen LogP contribution in [0.5, 0.6) is 5.75 Å². The van der Waals surface area contributed by atoms with Crippen molar-refractivity contribution in [2.24, 2.45) is 0 Å². The van der Waals surface area contributed by atoms with Gasteiger partial charge in [0.25, 0.3) is 0 Å². The zero-order valence-corrected chi connectivity index (χ0v) is 12.7. The molecular weight excluding hydrogens is 267 g/mol. The third-order valence-corrected chi connectivity index (χ3v) is 3.43. The van der Waals surface area contributed by atoms with Gasteiger partial charge in [0.1, 0.15) is 11.6 Å². The Kier molecular flexibility index (Phi) is 5.17. The Labute approximate surface area is 125 Å². The molecule has 3 nitrogen and oxygen atoms in total. The molecule has 1 N–H and O–H groups in total. The lowest BCUT2D eigenvalue weighted by Crippen LogP contribution is -2.17. The van der Waals surface area contributed by atoms with E-state index in [9.17, 15) is 4.39 Å². The minimum atomic E-state index is -0.213. The molecule has 0 saturated carbocycles. The van der Waals surface area contributed by atoms with Crippen molar-refractivity contribution in [2.75, 3.05) is 25.6 Å². The van der Waals surface area contributed by atoms with Gasteiger partial charge >= 0.3 is 0 Å². The van der Waals surface area contributed by atoms with Crippen LogP contribution in [0.1, 0.15) is 12.5 Å². The summed E-state index contributed by atoms with van der Waals surface area (Å²) >= 11 is 0. The van der Waals surface area contributed by atoms with Crippen molar-refractivity contribution in [1.29, 1.82) is 0 Å². The lowest BCUT2D eigenvalue weighted by molar-refractivity contribution is 0.415. The second kappa shape index (κ2) is 7.09. The van der Waals surface area contributed by atoms with Gasteiger partial charge in [-0.05, 0) is 54.6 Å². The molecular formula is C17H21FN2O. The van der Waals surface area contributed by atoms with Crippen LogP contribution in [0.15, 0.2) is 42.5 Å².